The van der Waals surface area contributed by atoms with Crippen molar-refractivity contribution in [2.75, 3.05) is 12.3 Å². The third kappa shape index (κ3) is 3.08. The van der Waals surface area contributed by atoms with Crippen LogP contribution in [0.15, 0.2) is 12.7 Å². The Morgan fingerprint density at radius 1 is 1.16 bits per heavy atom. The minimum atomic E-state index is -1.06. The second-order valence-corrected chi connectivity index (χ2v) is 6.87. The van der Waals surface area contributed by atoms with E-state index in [1.807, 2.05) is 0 Å². The number of hydrogen-bond acceptors (Lipinski definition) is 8. The number of fused-ring (bicyclic) bond motifs is 1. The molecule has 1 aliphatic carbocycles. The summed E-state index contributed by atoms with van der Waals surface area (Å²) in [4.78, 5) is 12.3. The number of imidazole rings is 1. The molecule has 3 heterocycles. The molecule has 9 heteroatoms. The van der Waals surface area contributed by atoms with Gasteiger partial charge in [-0.3, -0.25) is 4.57 Å². The minimum Gasteiger partial charge on any atom is -0.387 e. The van der Waals surface area contributed by atoms with Gasteiger partial charge in [-0.2, -0.15) is 0 Å². The van der Waals surface area contributed by atoms with Gasteiger partial charge in [0, 0.05) is 12.6 Å². The SMILES string of the molecule is Nc1ncnc2c1ncn2[C@@H]1O[C@H](CNC2CCCCC2)[C@@H](O)[C@H]1O. The first-order valence-electron chi connectivity index (χ1n) is 8.83. The first-order chi connectivity index (χ1) is 12.1. The number of rotatable bonds is 4. The van der Waals surface area contributed by atoms with Crippen molar-refractivity contribution in [2.24, 2.45) is 0 Å². The molecule has 2 aromatic rings. The lowest BCUT2D eigenvalue weighted by Crippen LogP contribution is -2.42. The van der Waals surface area contributed by atoms with E-state index < -0.39 is 24.5 Å². The molecule has 9 nitrogen and oxygen atoms in total. The molecule has 2 aromatic heterocycles. The van der Waals surface area contributed by atoms with Crippen molar-refractivity contribution >= 4 is 17.0 Å². The molecule has 0 bridgehead atoms. The monoisotopic (exact) mass is 348 g/mol. The Hall–Kier alpha value is -1.81. The lowest BCUT2D eigenvalue weighted by molar-refractivity contribution is -0.0349. The van der Waals surface area contributed by atoms with Crippen LogP contribution >= 0.6 is 0 Å². The number of anilines is 1. The number of ether oxygens (including phenoxy) is 1. The Balaban J connectivity index is 1.48. The highest BCUT2D eigenvalue weighted by Gasteiger charge is 2.44. The van der Waals surface area contributed by atoms with E-state index in [0.29, 0.717) is 23.8 Å². The summed E-state index contributed by atoms with van der Waals surface area (Å²) in [6.07, 6.45) is 5.63. The molecule has 0 aromatic carbocycles. The summed E-state index contributed by atoms with van der Waals surface area (Å²) in [6, 6.07) is 0.461. The summed E-state index contributed by atoms with van der Waals surface area (Å²) in [5, 5.41) is 24.3. The van der Waals surface area contributed by atoms with Gasteiger partial charge >= 0.3 is 0 Å². The zero-order valence-electron chi connectivity index (χ0n) is 14.0. The molecule has 136 valence electrons. The smallest absolute Gasteiger partial charge is 0.167 e. The van der Waals surface area contributed by atoms with E-state index in [1.165, 1.54) is 31.9 Å². The summed E-state index contributed by atoms with van der Waals surface area (Å²) < 4.78 is 7.53. The van der Waals surface area contributed by atoms with Crippen molar-refractivity contribution in [3.63, 3.8) is 0 Å². The number of nitrogens with one attached hydrogen (secondary N) is 1. The van der Waals surface area contributed by atoms with Crippen LogP contribution in [0.3, 0.4) is 0 Å². The maximum atomic E-state index is 10.4. The van der Waals surface area contributed by atoms with E-state index in [1.54, 1.807) is 4.57 Å². The highest BCUT2D eigenvalue weighted by atomic mass is 16.6. The van der Waals surface area contributed by atoms with E-state index in [9.17, 15) is 10.2 Å². The number of hydrogen-bond donors (Lipinski definition) is 4. The van der Waals surface area contributed by atoms with Crippen molar-refractivity contribution in [3.05, 3.63) is 12.7 Å². The van der Waals surface area contributed by atoms with E-state index in [2.05, 4.69) is 20.3 Å². The molecule has 0 radical (unpaired) electrons. The Bertz CT molecular complexity index is 732. The molecule has 4 rings (SSSR count). The Kier molecular flexibility index (Phi) is 4.55. The zero-order chi connectivity index (χ0) is 17.4. The topological polar surface area (TPSA) is 131 Å². The van der Waals surface area contributed by atoms with E-state index in [4.69, 9.17) is 10.5 Å². The average Bonchev–Trinajstić information content (AvgIpc) is 3.18. The number of aliphatic hydroxyl groups is 2. The predicted molar refractivity (Wildman–Crippen MR) is 90.5 cm³/mol. The van der Waals surface area contributed by atoms with E-state index >= 15 is 0 Å². The quantitative estimate of drug-likeness (QED) is 0.605. The fraction of sp³-hybridized carbons (Fsp3) is 0.688. The molecule has 5 N–H and O–H groups in total. The second-order valence-electron chi connectivity index (χ2n) is 6.87. The van der Waals surface area contributed by atoms with Gasteiger partial charge in [-0.1, -0.05) is 19.3 Å². The molecule has 1 saturated heterocycles. The summed E-state index contributed by atoms with van der Waals surface area (Å²) >= 11 is 0. The largest absolute Gasteiger partial charge is 0.387 e. The van der Waals surface area contributed by atoms with Crippen LogP contribution in [0.4, 0.5) is 5.82 Å². The molecule has 1 aliphatic heterocycles. The average molecular weight is 348 g/mol. The zero-order valence-corrected chi connectivity index (χ0v) is 14.0. The van der Waals surface area contributed by atoms with Gasteiger partial charge in [-0.05, 0) is 12.8 Å². The van der Waals surface area contributed by atoms with E-state index in [0.717, 1.165) is 12.8 Å². The highest BCUT2D eigenvalue weighted by molar-refractivity contribution is 5.81. The summed E-state index contributed by atoms with van der Waals surface area (Å²) in [6.45, 7) is 0.503. The first kappa shape index (κ1) is 16.6. The van der Waals surface area contributed by atoms with Gasteiger partial charge in [0.15, 0.2) is 17.7 Å². The van der Waals surface area contributed by atoms with Gasteiger partial charge in [0.05, 0.1) is 6.33 Å². The fourth-order valence-corrected chi connectivity index (χ4v) is 3.77. The number of nitrogens with zero attached hydrogens (tertiary/aromatic N) is 4. The van der Waals surface area contributed by atoms with Crippen LogP contribution in [-0.2, 0) is 4.74 Å². The van der Waals surface area contributed by atoms with Crippen molar-refractivity contribution in [3.8, 4) is 0 Å². The van der Waals surface area contributed by atoms with Gasteiger partial charge in [-0.25, -0.2) is 15.0 Å². The van der Waals surface area contributed by atoms with E-state index in [-0.39, 0.29) is 5.82 Å². The summed E-state index contributed by atoms with van der Waals surface area (Å²) in [7, 11) is 0. The van der Waals surface area contributed by atoms with Crippen LogP contribution in [0, 0.1) is 0 Å². The summed E-state index contributed by atoms with van der Waals surface area (Å²) in [5.74, 6) is 0.271. The Morgan fingerprint density at radius 2 is 1.96 bits per heavy atom. The predicted octanol–water partition coefficient (Wildman–Crippen LogP) is -0.0500. The molecular weight excluding hydrogens is 324 g/mol. The molecular formula is C16H24N6O3. The van der Waals surface area contributed by atoms with Gasteiger partial charge in [0.25, 0.3) is 0 Å². The molecule has 2 aliphatic rings. The van der Waals surface area contributed by atoms with Crippen molar-refractivity contribution < 1.29 is 14.9 Å². The van der Waals surface area contributed by atoms with Gasteiger partial charge in [0.1, 0.15) is 30.2 Å². The Morgan fingerprint density at radius 3 is 2.76 bits per heavy atom. The number of aromatic nitrogens is 4. The van der Waals surface area contributed by atoms with Crippen LogP contribution in [-0.4, -0.2) is 60.6 Å². The minimum absolute atomic E-state index is 0.271. The summed E-state index contributed by atoms with van der Waals surface area (Å²) in [5.41, 5.74) is 6.73. The molecule has 0 amide bonds. The Labute approximate surface area is 145 Å². The van der Waals surface area contributed by atoms with Gasteiger partial charge in [0.2, 0.25) is 0 Å². The maximum Gasteiger partial charge on any atom is 0.167 e. The number of nitrogens with two attached hydrogens (primary N) is 1. The third-order valence-corrected chi connectivity index (χ3v) is 5.21. The molecule has 0 unspecified atom stereocenters. The van der Waals surface area contributed by atoms with Crippen LogP contribution in [0.1, 0.15) is 38.3 Å². The van der Waals surface area contributed by atoms with Crippen molar-refractivity contribution in [1.82, 2.24) is 24.8 Å². The molecule has 2 fully saturated rings. The fourth-order valence-electron chi connectivity index (χ4n) is 3.77. The first-order valence-corrected chi connectivity index (χ1v) is 8.83. The maximum absolute atomic E-state index is 10.4. The van der Waals surface area contributed by atoms with Gasteiger partial charge in [-0.15, -0.1) is 0 Å². The van der Waals surface area contributed by atoms with Crippen LogP contribution in [0.25, 0.3) is 11.2 Å². The number of nitrogen functional groups attached to an aromatic ring is 1. The van der Waals surface area contributed by atoms with Crippen molar-refractivity contribution in [1.29, 1.82) is 0 Å². The lowest BCUT2D eigenvalue weighted by atomic mass is 9.95. The van der Waals surface area contributed by atoms with Crippen LogP contribution in [0.2, 0.25) is 0 Å². The van der Waals surface area contributed by atoms with Crippen LogP contribution < -0.4 is 11.1 Å². The molecule has 0 spiro atoms. The lowest BCUT2D eigenvalue weighted by Gasteiger charge is -2.25. The standard InChI is InChI=1S/C16H24N6O3/c17-14-11-15(20-7-19-14)22(8-21-11)16-13(24)12(23)10(25-16)6-18-9-4-2-1-3-5-9/h7-10,12-13,16,18,23-24H,1-6H2,(H2,17,19,20)/t10-,12-,13-,16-/m1/s1. The second kappa shape index (κ2) is 6.83. The highest BCUT2D eigenvalue weighted by Crippen LogP contribution is 2.32. The third-order valence-electron chi connectivity index (χ3n) is 5.21. The molecule has 25 heavy (non-hydrogen) atoms. The van der Waals surface area contributed by atoms with Crippen molar-refractivity contribution in [2.45, 2.75) is 62.7 Å². The number of aliphatic hydroxyl groups excluding tert-OH is 2. The molecule has 1 saturated carbocycles. The van der Waals surface area contributed by atoms with Gasteiger partial charge < -0.3 is 26.0 Å². The normalized spacial score (nSPS) is 31.0. The molecule has 4 atom stereocenters. The van der Waals surface area contributed by atoms with Crippen LogP contribution in [0.5, 0.6) is 0 Å².